The van der Waals surface area contributed by atoms with Crippen molar-refractivity contribution in [3.8, 4) is 56.4 Å². The standard InChI is InChI=1S/C49H29N3OS/c1-2-11-31(12-3-1)36-17-9-19-40-41-20-10-18-37(46(41)54-45(36)40)32-23-25-33(26-24-32)47-50-48(34-27-28-39-38-16-6-7-22-43(38)53-44(39)29-34)52-49(51-47)42-21-8-14-30-13-4-5-15-35(30)42/h1-29H. The smallest absolute Gasteiger partial charge is 0.164 e. The highest BCUT2D eigenvalue weighted by Gasteiger charge is 2.18. The normalized spacial score (nSPS) is 11.7. The minimum atomic E-state index is 0.596. The third-order valence-electron chi connectivity index (χ3n) is 10.4. The van der Waals surface area contributed by atoms with Crippen LogP contribution in [0.3, 0.4) is 0 Å². The largest absolute Gasteiger partial charge is 0.456 e. The molecule has 8 aromatic carbocycles. The molecule has 3 heterocycles. The second kappa shape index (κ2) is 12.3. The first kappa shape index (κ1) is 30.7. The molecule has 0 atom stereocenters. The lowest BCUT2D eigenvalue weighted by molar-refractivity contribution is 0.669. The molecule has 0 amide bonds. The SMILES string of the molecule is c1ccc(-c2cccc3c2sc2c(-c4ccc(-c5nc(-c6ccc7c(c6)oc6ccccc67)nc(-c6cccc7ccccc67)n5)cc4)cccc23)cc1. The summed E-state index contributed by atoms with van der Waals surface area (Å²) < 4.78 is 8.86. The quantitative estimate of drug-likeness (QED) is 0.179. The average molecular weight is 708 g/mol. The Morgan fingerprint density at radius 2 is 0.852 bits per heavy atom. The minimum Gasteiger partial charge on any atom is -0.456 e. The van der Waals surface area contributed by atoms with Crippen molar-refractivity contribution in [2.45, 2.75) is 0 Å². The summed E-state index contributed by atoms with van der Waals surface area (Å²) in [5.41, 5.74) is 9.28. The van der Waals surface area contributed by atoms with Crippen LogP contribution in [0.25, 0.3) is 109 Å². The molecule has 5 heteroatoms. The van der Waals surface area contributed by atoms with Crippen LogP contribution in [-0.2, 0) is 0 Å². The first-order valence-electron chi connectivity index (χ1n) is 18.0. The number of fused-ring (bicyclic) bond motifs is 7. The Labute approximate surface area is 314 Å². The van der Waals surface area contributed by atoms with Gasteiger partial charge in [-0.25, -0.2) is 15.0 Å². The van der Waals surface area contributed by atoms with Crippen LogP contribution in [0.4, 0.5) is 0 Å². The van der Waals surface area contributed by atoms with Gasteiger partial charge in [-0.3, -0.25) is 0 Å². The van der Waals surface area contributed by atoms with E-state index in [-0.39, 0.29) is 0 Å². The zero-order valence-corrected chi connectivity index (χ0v) is 29.7. The van der Waals surface area contributed by atoms with Crippen molar-refractivity contribution in [2.24, 2.45) is 0 Å². The van der Waals surface area contributed by atoms with E-state index in [0.717, 1.165) is 55.0 Å². The maximum Gasteiger partial charge on any atom is 0.164 e. The van der Waals surface area contributed by atoms with E-state index in [1.54, 1.807) is 0 Å². The summed E-state index contributed by atoms with van der Waals surface area (Å²) in [6.45, 7) is 0. The third-order valence-corrected chi connectivity index (χ3v) is 11.7. The molecule has 0 fully saturated rings. The molecule has 11 rings (SSSR count). The van der Waals surface area contributed by atoms with Crippen molar-refractivity contribution in [1.82, 2.24) is 15.0 Å². The highest BCUT2D eigenvalue weighted by Crippen LogP contribution is 2.44. The summed E-state index contributed by atoms with van der Waals surface area (Å²) in [4.78, 5) is 15.3. The highest BCUT2D eigenvalue weighted by molar-refractivity contribution is 7.26. The van der Waals surface area contributed by atoms with Crippen LogP contribution < -0.4 is 0 Å². The van der Waals surface area contributed by atoms with E-state index in [9.17, 15) is 0 Å². The lowest BCUT2D eigenvalue weighted by Gasteiger charge is -2.11. The first-order valence-corrected chi connectivity index (χ1v) is 18.8. The zero-order chi connectivity index (χ0) is 35.6. The molecule has 54 heavy (non-hydrogen) atoms. The average Bonchev–Trinajstić information content (AvgIpc) is 3.82. The van der Waals surface area contributed by atoms with Crippen molar-refractivity contribution in [2.75, 3.05) is 0 Å². The molecule has 0 aliphatic carbocycles. The van der Waals surface area contributed by atoms with E-state index >= 15 is 0 Å². The molecule has 0 radical (unpaired) electrons. The third kappa shape index (κ3) is 5.01. The molecule has 0 saturated heterocycles. The highest BCUT2D eigenvalue weighted by atomic mass is 32.1. The molecule has 0 bridgehead atoms. The van der Waals surface area contributed by atoms with Gasteiger partial charge in [-0.1, -0.05) is 158 Å². The molecular formula is C49H29N3OS. The molecule has 0 N–H and O–H groups in total. The van der Waals surface area contributed by atoms with Crippen LogP contribution in [0.1, 0.15) is 0 Å². The van der Waals surface area contributed by atoms with Gasteiger partial charge in [0, 0.05) is 47.6 Å². The maximum atomic E-state index is 6.27. The molecule has 3 aromatic heterocycles. The Morgan fingerprint density at radius 3 is 1.63 bits per heavy atom. The lowest BCUT2D eigenvalue weighted by Crippen LogP contribution is -2.00. The molecule has 11 aromatic rings. The fourth-order valence-electron chi connectivity index (χ4n) is 7.73. The van der Waals surface area contributed by atoms with E-state index in [1.165, 1.54) is 36.9 Å². The number of hydrogen-bond acceptors (Lipinski definition) is 5. The monoisotopic (exact) mass is 707 g/mol. The van der Waals surface area contributed by atoms with Crippen LogP contribution in [0, 0.1) is 0 Å². The van der Waals surface area contributed by atoms with Gasteiger partial charge >= 0.3 is 0 Å². The van der Waals surface area contributed by atoms with Gasteiger partial charge in [-0.2, -0.15) is 0 Å². The summed E-state index contributed by atoms with van der Waals surface area (Å²) in [5, 5.41) is 6.95. The van der Waals surface area contributed by atoms with Crippen LogP contribution >= 0.6 is 11.3 Å². The molecule has 0 spiro atoms. The van der Waals surface area contributed by atoms with E-state index in [4.69, 9.17) is 19.4 Å². The van der Waals surface area contributed by atoms with Gasteiger partial charge < -0.3 is 4.42 Å². The van der Waals surface area contributed by atoms with Gasteiger partial charge in [0.1, 0.15) is 11.2 Å². The Morgan fingerprint density at radius 1 is 0.333 bits per heavy atom. The van der Waals surface area contributed by atoms with Gasteiger partial charge in [-0.05, 0) is 51.2 Å². The number of nitrogens with zero attached hydrogens (tertiary/aromatic N) is 3. The van der Waals surface area contributed by atoms with E-state index < -0.39 is 0 Å². The second-order valence-electron chi connectivity index (χ2n) is 13.6. The Bertz CT molecular complexity index is 3210. The molecule has 0 aliphatic heterocycles. The zero-order valence-electron chi connectivity index (χ0n) is 28.9. The van der Waals surface area contributed by atoms with Gasteiger partial charge in [0.25, 0.3) is 0 Å². The predicted octanol–water partition coefficient (Wildman–Crippen LogP) is 13.6. The topological polar surface area (TPSA) is 51.8 Å². The summed E-state index contributed by atoms with van der Waals surface area (Å²) in [5.74, 6) is 1.84. The summed E-state index contributed by atoms with van der Waals surface area (Å²) >= 11 is 1.87. The summed E-state index contributed by atoms with van der Waals surface area (Å²) in [7, 11) is 0. The number of para-hydroxylation sites is 1. The van der Waals surface area contributed by atoms with E-state index in [1.807, 2.05) is 35.6 Å². The van der Waals surface area contributed by atoms with E-state index in [2.05, 4.69) is 152 Å². The number of hydrogen-bond donors (Lipinski definition) is 0. The summed E-state index contributed by atoms with van der Waals surface area (Å²) in [6, 6.07) is 61.5. The van der Waals surface area contributed by atoms with Crippen molar-refractivity contribution in [1.29, 1.82) is 0 Å². The second-order valence-corrected chi connectivity index (χ2v) is 14.6. The maximum absolute atomic E-state index is 6.27. The number of rotatable bonds is 5. The Hall–Kier alpha value is -6.95. The molecule has 0 aliphatic rings. The fourth-order valence-corrected chi connectivity index (χ4v) is 9.10. The van der Waals surface area contributed by atoms with Gasteiger partial charge in [0.05, 0.1) is 0 Å². The Balaban J connectivity index is 1.04. The molecule has 4 nitrogen and oxygen atoms in total. The van der Waals surface area contributed by atoms with Crippen LogP contribution in [0.5, 0.6) is 0 Å². The fraction of sp³-hybridized carbons (Fsp3) is 0. The lowest BCUT2D eigenvalue weighted by atomic mass is 9.99. The minimum absolute atomic E-state index is 0.596. The Kier molecular flexibility index (Phi) is 7.00. The molecule has 0 saturated carbocycles. The first-order chi connectivity index (χ1) is 26.7. The van der Waals surface area contributed by atoms with Gasteiger partial charge in [-0.15, -0.1) is 11.3 Å². The van der Waals surface area contributed by atoms with Crippen molar-refractivity contribution in [3.05, 3.63) is 176 Å². The molecular weight excluding hydrogens is 679 g/mol. The van der Waals surface area contributed by atoms with Crippen LogP contribution in [-0.4, -0.2) is 15.0 Å². The van der Waals surface area contributed by atoms with Crippen LogP contribution in [0.15, 0.2) is 180 Å². The number of furan rings is 1. The summed E-state index contributed by atoms with van der Waals surface area (Å²) in [6.07, 6.45) is 0. The van der Waals surface area contributed by atoms with Crippen LogP contribution in [0.2, 0.25) is 0 Å². The number of benzene rings is 8. The number of thiophene rings is 1. The van der Waals surface area contributed by atoms with Gasteiger partial charge in [0.15, 0.2) is 17.5 Å². The number of aromatic nitrogens is 3. The van der Waals surface area contributed by atoms with Gasteiger partial charge in [0.2, 0.25) is 0 Å². The van der Waals surface area contributed by atoms with Crippen molar-refractivity contribution in [3.63, 3.8) is 0 Å². The molecule has 252 valence electrons. The van der Waals surface area contributed by atoms with Crippen molar-refractivity contribution >= 4 is 64.2 Å². The van der Waals surface area contributed by atoms with E-state index in [0.29, 0.717) is 17.5 Å². The predicted molar refractivity (Wildman–Crippen MR) is 225 cm³/mol. The molecule has 0 unspecified atom stereocenters. The van der Waals surface area contributed by atoms with Crippen molar-refractivity contribution < 1.29 is 4.42 Å².